The second-order valence-electron chi connectivity index (χ2n) is 5.57. The van der Waals surface area contributed by atoms with Gasteiger partial charge in [-0.3, -0.25) is 4.79 Å². The molecule has 94 valence electrons. The van der Waals surface area contributed by atoms with Gasteiger partial charge in [0, 0.05) is 24.5 Å². The molecule has 3 nitrogen and oxygen atoms in total. The van der Waals surface area contributed by atoms with Gasteiger partial charge in [-0.25, -0.2) is 0 Å². The van der Waals surface area contributed by atoms with Crippen LogP contribution in [-0.2, 0) is 4.79 Å². The highest BCUT2D eigenvalue weighted by Gasteiger charge is 2.43. The van der Waals surface area contributed by atoms with Gasteiger partial charge in [0.2, 0.25) is 5.91 Å². The third kappa shape index (κ3) is 2.35. The number of carbonyl (C=O) groups is 1. The van der Waals surface area contributed by atoms with Gasteiger partial charge in [-0.15, -0.1) is 12.4 Å². The summed E-state index contributed by atoms with van der Waals surface area (Å²) in [7, 11) is 0. The van der Waals surface area contributed by atoms with Crippen LogP contribution in [0.15, 0.2) is 0 Å². The molecule has 1 saturated heterocycles. The number of hydrogen-bond acceptors (Lipinski definition) is 2. The Balaban J connectivity index is 0.00000128. The maximum Gasteiger partial charge on any atom is 0.228 e. The quantitative estimate of drug-likeness (QED) is 0.808. The van der Waals surface area contributed by atoms with Crippen LogP contribution in [0.4, 0.5) is 0 Å². The monoisotopic (exact) mass is 246 g/mol. The predicted molar refractivity (Wildman–Crippen MR) is 67.5 cm³/mol. The molecule has 0 spiro atoms. The first-order valence-corrected chi connectivity index (χ1v) is 6.08. The topological polar surface area (TPSA) is 46.3 Å². The molecule has 0 aromatic heterocycles. The van der Waals surface area contributed by atoms with Crippen molar-refractivity contribution in [2.24, 2.45) is 17.1 Å². The molecule has 2 aliphatic rings. The molecule has 2 N–H and O–H groups in total. The van der Waals surface area contributed by atoms with Crippen LogP contribution in [0.25, 0.3) is 0 Å². The summed E-state index contributed by atoms with van der Waals surface area (Å²) >= 11 is 0. The molecule has 1 heterocycles. The van der Waals surface area contributed by atoms with Crippen molar-refractivity contribution < 1.29 is 4.79 Å². The average Bonchev–Trinajstić information content (AvgIpc) is 2.61. The first kappa shape index (κ1) is 13.8. The molecule has 2 rings (SSSR count). The van der Waals surface area contributed by atoms with Crippen LogP contribution in [0.5, 0.6) is 0 Å². The van der Waals surface area contributed by atoms with E-state index in [0.29, 0.717) is 11.8 Å². The molecule has 1 aliphatic heterocycles. The lowest BCUT2D eigenvalue weighted by Gasteiger charge is -2.39. The van der Waals surface area contributed by atoms with Gasteiger partial charge in [-0.1, -0.05) is 13.3 Å². The van der Waals surface area contributed by atoms with E-state index < -0.39 is 0 Å². The van der Waals surface area contributed by atoms with Gasteiger partial charge in [-0.2, -0.15) is 0 Å². The van der Waals surface area contributed by atoms with Crippen molar-refractivity contribution in [1.82, 2.24) is 4.90 Å². The fraction of sp³-hybridized carbons (Fsp3) is 0.917. The molecule has 2 unspecified atom stereocenters. The SMILES string of the molecule is CC(N)C1CCN(C(=O)C2(C)CCC2)C1.Cl. The number of nitrogens with two attached hydrogens (primary N) is 1. The minimum absolute atomic E-state index is 0. The number of likely N-dealkylation sites (tertiary alicyclic amines) is 1. The van der Waals surface area contributed by atoms with Gasteiger partial charge in [0.15, 0.2) is 0 Å². The normalized spacial score (nSPS) is 29.2. The molecule has 0 bridgehead atoms. The largest absolute Gasteiger partial charge is 0.342 e. The summed E-state index contributed by atoms with van der Waals surface area (Å²) in [6.07, 6.45) is 4.45. The maximum atomic E-state index is 12.2. The van der Waals surface area contributed by atoms with E-state index in [2.05, 4.69) is 6.92 Å². The first-order valence-electron chi connectivity index (χ1n) is 6.08. The Kier molecular flexibility index (Phi) is 4.24. The third-order valence-corrected chi connectivity index (χ3v) is 4.23. The van der Waals surface area contributed by atoms with Gasteiger partial charge in [0.05, 0.1) is 0 Å². The summed E-state index contributed by atoms with van der Waals surface area (Å²) < 4.78 is 0. The third-order valence-electron chi connectivity index (χ3n) is 4.23. The van der Waals surface area contributed by atoms with Crippen LogP contribution in [0.3, 0.4) is 0 Å². The fourth-order valence-electron chi connectivity index (χ4n) is 2.70. The van der Waals surface area contributed by atoms with Crippen LogP contribution in [-0.4, -0.2) is 29.9 Å². The highest BCUT2D eigenvalue weighted by molar-refractivity contribution is 5.85. The lowest BCUT2D eigenvalue weighted by Crippen LogP contribution is -2.45. The van der Waals surface area contributed by atoms with Crippen molar-refractivity contribution in [3.8, 4) is 0 Å². The molecular formula is C12H23ClN2O. The molecule has 16 heavy (non-hydrogen) atoms. The summed E-state index contributed by atoms with van der Waals surface area (Å²) in [6.45, 7) is 5.95. The van der Waals surface area contributed by atoms with E-state index in [4.69, 9.17) is 5.73 Å². The minimum atomic E-state index is -0.0350. The summed E-state index contributed by atoms with van der Waals surface area (Å²) in [6, 6.07) is 0.219. The summed E-state index contributed by atoms with van der Waals surface area (Å²) in [4.78, 5) is 14.2. The molecule has 1 aliphatic carbocycles. The van der Waals surface area contributed by atoms with E-state index in [-0.39, 0.29) is 23.9 Å². The summed E-state index contributed by atoms with van der Waals surface area (Å²) in [5.74, 6) is 0.884. The standard InChI is InChI=1S/C12H22N2O.ClH/c1-9(13)10-4-7-14(8-10)11(15)12(2)5-3-6-12;/h9-10H,3-8,13H2,1-2H3;1H. The molecule has 2 fully saturated rings. The number of nitrogens with zero attached hydrogens (tertiary/aromatic N) is 1. The Hall–Kier alpha value is -0.280. The van der Waals surface area contributed by atoms with Gasteiger partial charge >= 0.3 is 0 Å². The van der Waals surface area contributed by atoms with Crippen molar-refractivity contribution in [2.75, 3.05) is 13.1 Å². The van der Waals surface area contributed by atoms with Gasteiger partial charge < -0.3 is 10.6 Å². The van der Waals surface area contributed by atoms with Crippen LogP contribution in [0, 0.1) is 11.3 Å². The molecule has 0 radical (unpaired) electrons. The summed E-state index contributed by atoms with van der Waals surface area (Å²) in [5.41, 5.74) is 5.84. The zero-order valence-electron chi connectivity index (χ0n) is 10.2. The summed E-state index contributed by atoms with van der Waals surface area (Å²) in [5, 5.41) is 0. The second-order valence-corrected chi connectivity index (χ2v) is 5.57. The molecule has 0 aromatic rings. The number of amides is 1. The van der Waals surface area contributed by atoms with E-state index in [0.717, 1.165) is 32.4 Å². The van der Waals surface area contributed by atoms with Crippen LogP contribution < -0.4 is 5.73 Å². The highest BCUT2D eigenvalue weighted by atomic mass is 35.5. The molecule has 1 amide bonds. The van der Waals surface area contributed by atoms with Crippen molar-refractivity contribution in [1.29, 1.82) is 0 Å². The molecular weight excluding hydrogens is 224 g/mol. The zero-order valence-corrected chi connectivity index (χ0v) is 11.1. The predicted octanol–water partition coefficient (Wildman–Crippen LogP) is 1.79. The van der Waals surface area contributed by atoms with Crippen LogP contribution >= 0.6 is 12.4 Å². The second kappa shape index (κ2) is 4.92. The number of rotatable bonds is 2. The van der Waals surface area contributed by atoms with Crippen molar-refractivity contribution >= 4 is 18.3 Å². The Bertz CT molecular complexity index is 264. The minimum Gasteiger partial charge on any atom is -0.342 e. The van der Waals surface area contributed by atoms with E-state index in [1.165, 1.54) is 6.42 Å². The fourth-order valence-corrected chi connectivity index (χ4v) is 2.70. The van der Waals surface area contributed by atoms with Gasteiger partial charge in [-0.05, 0) is 32.1 Å². The van der Waals surface area contributed by atoms with Crippen molar-refractivity contribution in [3.63, 3.8) is 0 Å². The van der Waals surface area contributed by atoms with Gasteiger partial charge in [0.25, 0.3) is 0 Å². The smallest absolute Gasteiger partial charge is 0.228 e. The molecule has 0 aromatic carbocycles. The number of hydrogen-bond donors (Lipinski definition) is 1. The lowest BCUT2D eigenvalue weighted by molar-refractivity contribution is -0.145. The Morgan fingerprint density at radius 1 is 1.50 bits per heavy atom. The van der Waals surface area contributed by atoms with E-state index in [1.54, 1.807) is 0 Å². The number of halogens is 1. The zero-order chi connectivity index (χ0) is 11.1. The Labute approximate surface area is 104 Å². The van der Waals surface area contributed by atoms with E-state index >= 15 is 0 Å². The van der Waals surface area contributed by atoms with Crippen molar-refractivity contribution in [3.05, 3.63) is 0 Å². The van der Waals surface area contributed by atoms with E-state index in [1.807, 2.05) is 11.8 Å². The molecule has 2 atom stereocenters. The number of carbonyl (C=O) groups excluding carboxylic acids is 1. The van der Waals surface area contributed by atoms with Crippen LogP contribution in [0.2, 0.25) is 0 Å². The van der Waals surface area contributed by atoms with E-state index in [9.17, 15) is 4.79 Å². The van der Waals surface area contributed by atoms with Gasteiger partial charge in [0.1, 0.15) is 0 Å². The average molecular weight is 247 g/mol. The Morgan fingerprint density at radius 3 is 2.50 bits per heavy atom. The maximum absolute atomic E-state index is 12.2. The Morgan fingerprint density at radius 2 is 2.12 bits per heavy atom. The van der Waals surface area contributed by atoms with Crippen molar-refractivity contribution in [2.45, 2.75) is 45.6 Å². The van der Waals surface area contributed by atoms with Crippen LogP contribution in [0.1, 0.15) is 39.5 Å². The highest BCUT2D eigenvalue weighted by Crippen LogP contribution is 2.42. The molecule has 1 saturated carbocycles. The molecule has 4 heteroatoms. The first-order chi connectivity index (χ1) is 7.03. The lowest BCUT2D eigenvalue weighted by atomic mass is 9.69.